The summed E-state index contributed by atoms with van der Waals surface area (Å²) in [6.07, 6.45) is 8.45. The molecule has 1 saturated carbocycles. The second-order valence-corrected chi connectivity index (χ2v) is 9.77. The van der Waals surface area contributed by atoms with Crippen molar-refractivity contribution in [2.45, 2.75) is 81.2 Å². The second kappa shape index (κ2) is 7.48. The lowest BCUT2D eigenvalue weighted by Gasteiger charge is -2.22. The van der Waals surface area contributed by atoms with Gasteiger partial charge >= 0.3 is 0 Å². The molecule has 0 atom stereocenters. The van der Waals surface area contributed by atoms with Gasteiger partial charge in [0.25, 0.3) is 0 Å². The maximum Gasteiger partial charge on any atom is 0.204 e. The standard InChI is InChI=1S/C18H27N3OS2/c1-12-16(23-11-15-19-10-14(22-15)18(2,3)4)24-17(20-12)21-13-8-6-5-7-9-13/h10,13H,5-9,11H2,1-4H3,(H,20,21). The topological polar surface area (TPSA) is 51.0 Å². The number of aromatic nitrogens is 2. The molecule has 24 heavy (non-hydrogen) atoms. The molecule has 0 amide bonds. The molecule has 1 aliphatic rings. The maximum absolute atomic E-state index is 5.87. The number of thioether (sulfide) groups is 1. The minimum absolute atomic E-state index is 0.00735. The fraction of sp³-hybridized carbons (Fsp3) is 0.667. The molecule has 2 heterocycles. The molecule has 1 aliphatic carbocycles. The molecule has 1 N–H and O–H groups in total. The molecule has 0 radical (unpaired) electrons. The highest BCUT2D eigenvalue weighted by atomic mass is 32.2. The van der Waals surface area contributed by atoms with Gasteiger partial charge in [0, 0.05) is 11.5 Å². The van der Waals surface area contributed by atoms with Crippen LogP contribution in [-0.4, -0.2) is 16.0 Å². The summed E-state index contributed by atoms with van der Waals surface area (Å²) in [5, 5.41) is 4.68. The van der Waals surface area contributed by atoms with E-state index in [-0.39, 0.29) is 5.41 Å². The van der Waals surface area contributed by atoms with Gasteiger partial charge in [0.05, 0.1) is 21.9 Å². The van der Waals surface area contributed by atoms with Gasteiger partial charge in [-0.15, -0.1) is 11.8 Å². The predicted molar refractivity (Wildman–Crippen MR) is 102 cm³/mol. The van der Waals surface area contributed by atoms with E-state index in [2.05, 4.69) is 38.0 Å². The van der Waals surface area contributed by atoms with E-state index in [1.54, 1.807) is 23.1 Å². The minimum atomic E-state index is 0.00735. The number of rotatable bonds is 5. The molecule has 4 nitrogen and oxygen atoms in total. The van der Waals surface area contributed by atoms with Gasteiger partial charge in [-0.1, -0.05) is 51.4 Å². The van der Waals surface area contributed by atoms with Gasteiger partial charge in [0.15, 0.2) is 5.13 Å². The average molecular weight is 366 g/mol. The van der Waals surface area contributed by atoms with E-state index in [0.717, 1.165) is 28.2 Å². The van der Waals surface area contributed by atoms with E-state index < -0.39 is 0 Å². The number of nitrogens with one attached hydrogen (secondary N) is 1. The molecule has 0 spiro atoms. The van der Waals surface area contributed by atoms with E-state index in [1.807, 2.05) is 6.20 Å². The van der Waals surface area contributed by atoms with E-state index >= 15 is 0 Å². The molecule has 0 unspecified atom stereocenters. The highest BCUT2D eigenvalue weighted by Gasteiger charge is 2.20. The number of anilines is 1. The van der Waals surface area contributed by atoms with Gasteiger partial charge in [-0.3, -0.25) is 0 Å². The monoisotopic (exact) mass is 365 g/mol. The number of aryl methyl sites for hydroxylation is 1. The zero-order valence-corrected chi connectivity index (χ0v) is 16.6. The van der Waals surface area contributed by atoms with Crippen molar-refractivity contribution in [1.29, 1.82) is 0 Å². The van der Waals surface area contributed by atoms with Gasteiger partial charge < -0.3 is 9.73 Å². The number of oxazole rings is 1. The zero-order valence-electron chi connectivity index (χ0n) is 15.0. The van der Waals surface area contributed by atoms with Crippen molar-refractivity contribution in [2.75, 3.05) is 5.32 Å². The van der Waals surface area contributed by atoms with Crippen LogP contribution >= 0.6 is 23.1 Å². The summed E-state index contributed by atoms with van der Waals surface area (Å²) in [6.45, 7) is 8.50. The van der Waals surface area contributed by atoms with Gasteiger partial charge in [-0.05, 0) is 19.8 Å². The van der Waals surface area contributed by atoms with Crippen LogP contribution < -0.4 is 5.32 Å². The number of hydrogen-bond donors (Lipinski definition) is 1. The third-order valence-corrected chi connectivity index (χ3v) is 6.74. The van der Waals surface area contributed by atoms with Gasteiger partial charge in [0.1, 0.15) is 5.76 Å². The van der Waals surface area contributed by atoms with Gasteiger partial charge in [-0.25, -0.2) is 9.97 Å². The summed E-state index contributed by atoms with van der Waals surface area (Å²) < 4.78 is 7.13. The number of nitrogens with zero attached hydrogens (tertiary/aromatic N) is 2. The Hall–Kier alpha value is -1.01. The van der Waals surface area contributed by atoms with Crippen LogP contribution in [0.3, 0.4) is 0 Å². The van der Waals surface area contributed by atoms with Crippen LogP contribution in [0, 0.1) is 6.92 Å². The minimum Gasteiger partial charge on any atom is -0.444 e. The Morgan fingerprint density at radius 3 is 2.71 bits per heavy atom. The van der Waals surface area contributed by atoms with Gasteiger partial charge in [-0.2, -0.15) is 0 Å². The molecule has 0 bridgehead atoms. The van der Waals surface area contributed by atoms with E-state index in [4.69, 9.17) is 9.40 Å². The molecule has 3 rings (SSSR count). The summed E-state index contributed by atoms with van der Waals surface area (Å²) in [5.41, 5.74) is 1.11. The first-order valence-electron chi connectivity index (χ1n) is 8.74. The third-order valence-electron chi connectivity index (χ3n) is 4.31. The van der Waals surface area contributed by atoms with Crippen LogP contribution in [-0.2, 0) is 11.2 Å². The smallest absolute Gasteiger partial charge is 0.204 e. The average Bonchev–Trinajstić information content (AvgIpc) is 3.13. The Balaban J connectivity index is 1.58. The van der Waals surface area contributed by atoms with Crippen molar-refractivity contribution in [2.24, 2.45) is 0 Å². The first-order valence-corrected chi connectivity index (χ1v) is 10.5. The Labute approximate surface area is 152 Å². The SMILES string of the molecule is Cc1nc(NC2CCCCC2)sc1SCc1ncc(C(C)(C)C)o1. The van der Waals surface area contributed by atoms with Crippen molar-refractivity contribution in [3.8, 4) is 0 Å². The predicted octanol–water partition coefficient (Wildman–Crippen LogP) is 5.77. The van der Waals surface area contributed by atoms with E-state index in [1.165, 1.54) is 36.3 Å². The summed E-state index contributed by atoms with van der Waals surface area (Å²) >= 11 is 3.52. The molecule has 2 aromatic heterocycles. The van der Waals surface area contributed by atoms with Crippen LogP contribution in [0.15, 0.2) is 14.8 Å². The molecule has 2 aromatic rings. The van der Waals surface area contributed by atoms with Crippen molar-refractivity contribution in [3.05, 3.63) is 23.5 Å². The quantitative estimate of drug-likeness (QED) is 0.681. The molecular formula is C18H27N3OS2. The second-order valence-electron chi connectivity index (χ2n) is 7.53. The van der Waals surface area contributed by atoms with Crippen LogP contribution in [0.4, 0.5) is 5.13 Å². The highest BCUT2D eigenvalue weighted by molar-refractivity contribution is 8.00. The summed E-state index contributed by atoms with van der Waals surface area (Å²) in [5.74, 6) is 2.49. The molecule has 132 valence electrons. The first-order chi connectivity index (χ1) is 11.4. The van der Waals surface area contributed by atoms with Crippen molar-refractivity contribution in [1.82, 2.24) is 9.97 Å². The van der Waals surface area contributed by atoms with Crippen molar-refractivity contribution in [3.63, 3.8) is 0 Å². The van der Waals surface area contributed by atoms with Crippen molar-refractivity contribution < 1.29 is 4.42 Å². The summed E-state index contributed by atoms with van der Waals surface area (Å²) in [7, 11) is 0. The molecule has 1 fully saturated rings. The van der Waals surface area contributed by atoms with Crippen LogP contribution in [0.5, 0.6) is 0 Å². The third kappa shape index (κ3) is 4.54. The number of thiazole rings is 1. The Kier molecular flexibility index (Phi) is 5.55. The van der Waals surface area contributed by atoms with Crippen LogP contribution in [0.25, 0.3) is 0 Å². The Morgan fingerprint density at radius 2 is 2.04 bits per heavy atom. The maximum atomic E-state index is 5.87. The number of hydrogen-bond acceptors (Lipinski definition) is 6. The fourth-order valence-electron chi connectivity index (χ4n) is 2.85. The first kappa shape index (κ1) is 17.8. The fourth-order valence-corrected chi connectivity index (χ4v) is 4.92. The molecule has 0 aromatic carbocycles. The van der Waals surface area contributed by atoms with Gasteiger partial charge in [0.2, 0.25) is 5.89 Å². The Morgan fingerprint density at radius 1 is 1.29 bits per heavy atom. The highest BCUT2D eigenvalue weighted by Crippen LogP contribution is 2.35. The Bertz CT molecular complexity index is 666. The molecule has 0 saturated heterocycles. The molecular weight excluding hydrogens is 338 g/mol. The lowest BCUT2D eigenvalue weighted by Crippen LogP contribution is -2.21. The summed E-state index contributed by atoms with van der Waals surface area (Å²) in [4.78, 5) is 9.11. The van der Waals surface area contributed by atoms with Crippen molar-refractivity contribution >= 4 is 28.2 Å². The normalized spacial score (nSPS) is 16.5. The molecule has 6 heteroatoms. The largest absolute Gasteiger partial charge is 0.444 e. The zero-order chi connectivity index (χ0) is 17.2. The molecule has 0 aliphatic heterocycles. The van der Waals surface area contributed by atoms with E-state index in [9.17, 15) is 0 Å². The van der Waals surface area contributed by atoms with Crippen LogP contribution in [0.1, 0.15) is 70.2 Å². The van der Waals surface area contributed by atoms with Crippen LogP contribution in [0.2, 0.25) is 0 Å². The lowest BCUT2D eigenvalue weighted by molar-refractivity contribution is 0.391. The lowest BCUT2D eigenvalue weighted by atomic mass is 9.94. The van der Waals surface area contributed by atoms with E-state index in [0.29, 0.717) is 6.04 Å². The summed E-state index contributed by atoms with van der Waals surface area (Å²) in [6, 6.07) is 0.600.